The van der Waals surface area contributed by atoms with Crippen LogP contribution in [0.2, 0.25) is 0 Å². The van der Waals surface area contributed by atoms with Crippen LogP contribution in [-0.4, -0.2) is 37.2 Å². The number of rotatable bonds is 52. The third-order valence-corrected chi connectivity index (χ3v) is 13.4. The molecule has 0 N–H and O–H groups in total. The van der Waals surface area contributed by atoms with Crippen molar-refractivity contribution in [1.82, 2.24) is 0 Å². The van der Waals surface area contributed by atoms with Gasteiger partial charge in [0.1, 0.15) is 13.2 Å². The lowest BCUT2D eigenvalue weighted by atomic mass is 9.99. The van der Waals surface area contributed by atoms with Crippen molar-refractivity contribution < 1.29 is 28.6 Å². The average molecular weight is 892 g/mol. The van der Waals surface area contributed by atoms with Crippen molar-refractivity contribution in [3.63, 3.8) is 0 Å². The summed E-state index contributed by atoms with van der Waals surface area (Å²) in [6, 6.07) is 0. The van der Waals surface area contributed by atoms with Gasteiger partial charge in [-0.2, -0.15) is 0 Å². The molecular weight excluding hydrogens is 781 g/mol. The van der Waals surface area contributed by atoms with Crippen LogP contribution < -0.4 is 0 Å². The van der Waals surface area contributed by atoms with Gasteiger partial charge in [0.2, 0.25) is 0 Å². The zero-order chi connectivity index (χ0) is 45.9. The van der Waals surface area contributed by atoms with Gasteiger partial charge in [-0.25, -0.2) is 0 Å². The standard InChI is InChI=1S/C57H110O6/c1-5-8-10-12-14-16-18-20-22-24-26-28-33-37-41-45-49-56(59)62-52-54(63-57(60)50-46-42-38-34-30-29-31-35-39-43-47-53(4)7-3)51-61-55(58)48-44-40-36-32-27-25-23-21-19-17-15-13-11-9-6-2/h53-54H,5-52H2,1-4H3/t53?,54-/m1/s1. The first kappa shape index (κ1) is 61.4. The lowest BCUT2D eigenvalue weighted by Crippen LogP contribution is -2.30. The lowest BCUT2D eigenvalue weighted by molar-refractivity contribution is -0.167. The minimum atomic E-state index is -0.762. The molecule has 0 bridgehead atoms. The molecule has 0 aromatic carbocycles. The van der Waals surface area contributed by atoms with E-state index in [4.69, 9.17) is 14.2 Å². The van der Waals surface area contributed by atoms with Crippen LogP contribution >= 0.6 is 0 Å². The highest BCUT2D eigenvalue weighted by molar-refractivity contribution is 5.71. The fraction of sp³-hybridized carbons (Fsp3) is 0.947. The molecule has 0 amide bonds. The maximum Gasteiger partial charge on any atom is 0.306 e. The molecule has 0 aromatic rings. The Morgan fingerprint density at radius 3 is 0.825 bits per heavy atom. The molecule has 0 rings (SSSR count). The first-order valence-corrected chi connectivity index (χ1v) is 28.4. The van der Waals surface area contributed by atoms with E-state index in [0.29, 0.717) is 19.3 Å². The summed E-state index contributed by atoms with van der Waals surface area (Å²) in [4.78, 5) is 38.1. The summed E-state index contributed by atoms with van der Waals surface area (Å²) in [6.45, 7) is 9.08. The van der Waals surface area contributed by atoms with Gasteiger partial charge in [-0.05, 0) is 25.2 Å². The van der Waals surface area contributed by atoms with E-state index in [1.807, 2.05) is 0 Å². The summed E-state index contributed by atoms with van der Waals surface area (Å²) in [5.74, 6) is 0.0302. The van der Waals surface area contributed by atoms with Gasteiger partial charge < -0.3 is 14.2 Å². The highest BCUT2D eigenvalue weighted by atomic mass is 16.6. The molecule has 2 atom stereocenters. The molecule has 0 saturated heterocycles. The Balaban J connectivity index is 4.30. The zero-order valence-corrected chi connectivity index (χ0v) is 43.0. The molecule has 0 saturated carbocycles. The van der Waals surface area contributed by atoms with Crippen molar-refractivity contribution in [2.45, 2.75) is 329 Å². The predicted octanol–water partition coefficient (Wildman–Crippen LogP) is 18.6. The Bertz CT molecular complexity index is 951. The number of unbranched alkanes of at least 4 members (excludes halogenated alkanes) is 38. The van der Waals surface area contributed by atoms with Crippen LogP contribution in [0.15, 0.2) is 0 Å². The molecule has 0 spiro atoms. The van der Waals surface area contributed by atoms with Crippen LogP contribution in [0.5, 0.6) is 0 Å². The van der Waals surface area contributed by atoms with Crippen LogP contribution in [0.1, 0.15) is 323 Å². The summed E-state index contributed by atoms with van der Waals surface area (Å²) < 4.78 is 16.9. The van der Waals surface area contributed by atoms with Gasteiger partial charge in [-0.3, -0.25) is 14.4 Å². The van der Waals surface area contributed by atoms with E-state index < -0.39 is 6.10 Å². The monoisotopic (exact) mass is 891 g/mol. The predicted molar refractivity (Wildman–Crippen MR) is 270 cm³/mol. The van der Waals surface area contributed by atoms with Gasteiger partial charge in [0.05, 0.1) is 0 Å². The summed E-state index contributed by atoms with van der Waals surface area (Å²) in [5.41, 5.74) is 0. The van der Waals surface area contributed by atoms with Crippen molar-refractivity contribution >= 4 is 17.9 Å². The van der Waals surface area contributed by atoms with E-state index in [-0.39, 0.29) is 31.1 Å². The normalized spacial score (nSPS) is 12.4. The Morgan fingerprint density at radius 2 is 0.556 bits per heavy atom. The summed E-state index contributed by atoms with van der Waals surface area (Å²) >= 11 is 0. The topological polar surface area (TPSA) is 78.9 Å². The molecule has 0 heterocycles. The number of ether oxygens (including phenoxy) is 3. The molecule has 6 nitrogen and oxygen atoms in total. The quantitative estimate of drug-likeness (QED) is 0.0344. The second-order valence-corrected chi connectivity index (χ2v) is 19.8. The molecule has 6 heteroatoms. The number of carbonyl (C=O) groups is 3. The fourth-order valence-electron chi connectivity index (χ4n) is 8.72. The largest absolute Gasteiger partial charge is 0.462 e. The van der Waals surface area contributed by atoms with E-state index in [9.17, 15) is 14.4 Å². The molecule has 0 aliphatic carbocycles. The van der Waals surface area contributed by atoms with Gasteiger partial charge in [0.15, 0.2) is 6.10 Å². The Labute approximate surface area is 393 Å². The minimum Gasteiger partial charge on any atom is -0.462 e. The minimum absolute atomic E-state index is 0.0622. The number of carbonyl (C=O) groups excluding carboxylic acids is 3. The van der Waals surface area contributed by atoms with Gasteiger partial charge in [-0.1, -0.05) is 285 Å². The highest BCUT2D eigenvalue weighted by Gasteiger charge is 2.19. The highest BCUT2D eigenvalue weighted by Crippen LogP contribution is 2.18. The number of hydrogen-bond donors (Lipinski definition) is 0. The molecule has 1 unspecified atom stereocenters. The van der Waals surface area contributed by atoms with E-state index in [1.165, 1.54) is 218 Å². The maximum atomic E-state index is 12.8. The third-order valence-electron chi connectivity index (χ3n) is 13.4. The Morgan fingerprint density at radius 1 is 0.317 bits per heavy atom. The molecule has 0 aromatic heterocycles. The van der Waals surface area contributed by atoms with Crippen LogP contribution in [0.4, 0.5) is 0 Å². The van der Waals surface area contributed by atoms with Crippen LogP contribution in [-0.2, 0) is 28.6 Å². The second-order valence-electron chi connectivity index (χ2n) is 19.8. The second kappa shape index (κ2) is 51.4. The smallest absolute Gasteiger partial charge is 0.306 e. The Kier molecular flexibility index (Phi) is 50.1. The summed E-state index contributed by atoms with van der Waals surface area (Å²) in [6.07, 6.45) is 55.1. The van der Waals surface area contributed by atoms with Crippen LogP contribution in [0.3, 0.4) is 0 Å². The van der Waals surface area contributed by atoms with Gasteiger partial charge in [-0.15, -0.1) is 0 Å². The molecule has 63 heavy (non-hydrogen) atoms. The fourth-order valence-corrected chi connectivity index (χ4v) is 8.72. The lowest BCUT2D eigenvalue weighted by Gasteiger charge is -2.18. The Hall–Kier alpha value is -1.59. The van der Waals surface area contributed by atoms with E-state index in [1.54, 1.807) is 0 Å². The maximum absolute atomic E-state index is 12.8. The van der Waals surface area contributed by atoms with Gasteiger partial charge in [0, 0.05) is 19.3 Å². The van der Waals surface area contributed by atoms with Crippen molar-refractivity contribution in [2.75, 3.05) is 13.2 Å². The van der Waals surface area contributed by atoms with E-state index in [2.05, 4.69) is 27.7 Å². The first-order valence-electron chi connectivity index (χ1n) is 28.4. The van der Waals surface area contributed by atoms with Crippen molar-refractivity contribution in [3.05, 3.63) is 0 Å². The molecular formula is C57H110O6. The van der Waals surface area contributed by atoms with Crippen LogP contribution in [0, 0.1) is 5.92 Å². The van der Waals surface area contributed by atoms with E-state index in [0.717, 1.165) is 63.7 Å². The SMILES string of the molecule is CCCCCCCCCCCCCCCCCCC(=O)OC[C@@H](COC(=O)CCCCCCCCCCCCCCCCC)OC(=O)CCCCCCCCCCCCC(C)CC. The number of esters is 3. The number of hydrogen-bond acceptors (Lipinski definition) is 6. The van der Waals surface area contributed by atoms with Gasteiger partial charge >= 0.3 is 17.9 Å². The van der Waals surface area contributed by atoms with Crippen molar-refractivity contribution in [3.8, 4) is 0 Å². The average Bonchev–Trinajstić information content (AvgIpc) is 3.28. The van der Waals surface area contributed by atoms with E-state index >= 15 is 0 Å². The zero-order valence-electron chi connectivity index (χ0n) is 43.0. The van der Waals surface area contributed by atoms with Crippen molar-refractivity contribution in [1.29, 1.82) is 0 Å². The molecule has 0 aliphatic rings. The van der Waals surface area contributed by atoms with Crippen LogP contribution in [0.25, 0.3) is 0 Å². The third kappa shape index (κ3) is 49.7. The molecule has 0 radical (unpaired) electrons. The molecule has 374 valence electrons. The summed E-state index contributed by atoms with van der Waals surface area (Å²) in [7, 11) is 0. The van der Waals surface area contributed by atoms with Gasteiger partial charge in [0.25, 0.3) is 0 Å². The molecule has 0 aliphatic heterocycles. The summed E-state index contributed by atoms with van der Waals surface area (Å²) in [5, 5.41) is 0. The van der Waals surface area contributed by atoms with Crippen molar-refractivity contribution in [2.24, 2.45) is 5.92 Å². The molecule has 0 fully saturated rings. The first-order chi connectivity index (χ1) is 30.9.